The van der Waals surface area contributed by atoms with Gasteiger partial charge in [-0.05, 0) is 53.1 Å². The van der Waals surface area contributed by atoms with Gasteiger partial charge in [-0.15, -0.1) is 0 Å². The number of rotatable bonds is 9. The second-order valence-corrected chi connectivity index (χ2v) is 9.61. The number of hydrogen-bond acceptors (Lipinski definition) is 4. The summed E-state index contributed by atoms with van der Waals surface area (Å²) < 4.78 is 39.9. The molecule has 0 radical (unpaired) electrons. The second-order valence-electron chi connectivity index (χ2n) is 8.77. The van der Waals surface area contributed by atoms with Gasteiger partial charge in [-0.1, -0.05) is 66.9 Å². The van der Waals surface area contributed by atoms with E-state index in [1.807, 2.05) is 6.92 Å². The zero-order valence-corrected chi connectivity index (χ0v) is 21.5. The molecule has 1 aliphatic heterocycles. The molecule has 37 heavy (non-hydrogen) atoms. The smallest absolute Gasteiger partial charge is 0.295 e. The van der Waals surface area contributed by atoms with Crippen molar-refractivity contribution < 1.29 is 27.8 Å². The lowest BCUT2D eigenvalue weighted by molar-refractivity contribution is -0.198. The highest BCUT2D eigenvalue weighted by atomic mass is 35.5. The van der Waals surface area contributed by atoms with Gasteiger partial charge in [-0.2, -0.15) is 0 Å². The molecule has 3 aromatic rings. The summed E-state index contributed by atoms with van der Waals surface area (Å²) in [6.07, 6.45) is -1.61. The quantitative estimate of drug-likeness (QED) is 0.276. The molecule has 1 saturated heterocycles. The molecule has 4 atom stereocenters. The molecule has 1 amide bonds. The van der Waals surface area contributed by atoms with Gasteiger partial charge >= 0.3 is 0 Å². The summed E-state index contributed by atoms with van der Waals surface area (Å²) in [5, 5.41) is 0.447. The van der Waals surface area contributed by atoms with Gasteiger partial charge in [0.05, 0.1) is 11.1 Å². The first kappa shape index (κ1) is 27.0. The predicted octanol–water partition coefficient (Wildman–Crippen LogP) is 6.82. The summed E-state index contributed by atoms with van der Waals surface area (Å²) >= 11 is 12.1. The standard InChI is InChI=1S/C28H25Cl2F2NO4/c1-2-3-25(36-16-34)33-26(18-6-9-20(29)10-7-18)27(19-8-13-22(30)23(32)15-19)37-24(28(33)35)14-17-4-11-21(31)12-5-17/h4-13,15-16,24-27H,2-3,14H2,1H3/t24-,25-,26+,27-/m0/s1. The fraction of sp³-hybridized carbons (Fsp3) is 0.286. The topological polar surface area (TPSA) is 55.8 Å². The average molecular weight is 548 g/mol. The molecular formula is C28H25Cl2F2NO4. The van der Waals surface area contributed by atoms with E-state index in [1.165, 1.54) is 29.2 Å². The van der Waals surface area contributed by atoms with E-state index in [0.29, 0.717) is 41.0 Å². The zero-order valence-electron chi connectivity index (χ0n) is 20.0. The Hall–Kier alpha value is -3.00. The van der Waals surface area contributed by atoms with Crippen LogP contribution in [0.25, 0.3) is 0 Å². The van der Waals surface area contributed by atoms with E-state index in [0.717, 1.165) is 0 Å². The molecule has 1 aliphatic rings. The molecule has 4 rings (SSSR count). The van der Waals surface area contributed by atoms with Crippen molar-refractivity contribution in [1.29, 1.82) is 0 Å². The van der Waals surface area contributed by atoms with Gasteiger partial charge in [0.15, 0.2) is 6.23 Å². The average Bonchev–Trinajstić information content (AvgIpc) is 2.88. The van der Waals surface area contributed by atoms with Crippen LogP contribution in [-0.4, -0.2) is 29.6 Å². The summed E-state index contributed by atoms with van der Waals surface area (Å²) in [5.74, 6) is -1.44. The maximum Gasteiger partial charge on any atom is 0.295 e. The molecule has 1 heterocycles. The molecule has 0 saturated carbocycles. The van der Waals surface area contributed by atoms with Crippen LogP contribution in [0.4, 0.5) is 8.78 Å². The van der Waals surface area contributed by atoms with E-state index in [4.69, 9.17) is 32.7 Å². The van der Waals surface area contributed by atoms with Crippen molar-refractivity contribution in [2.75, 3.05) is 0 Å². The van der Waals surface area contributed by atoms with Gasteiger partial charge in [0.2, 0.25) is 0 Å². The third kappa shape index (κ3) is 6.12. The van der Waals surface area contributed by atoms with Gasteiger partial charge in [0, 0.05) is 17.9 Å². The molecule has 3 aromatic carbocycles. The van der Waals surface area contributed by atoms with E-state index in [-0.39, 0.29) is 11.4 Å². The number of amides is 1. The van der Waals surface area contributed by atoms with Crippen LogP contribution in [0.1, 0.15) is 48.6 Å². The van der Waals surface area contributed by atoms with Crippen LogP contribution in [0.3, 0.4) is 0 Å². The molecule has 0 N–H and O–H groups in total. The van der Waals surface area contributed by atoms with E-state index in [9.17, 15) is 18.4 Å². The van der Waals surface area contributed by atoms with Crippen molar-refractivity contribution in [3.05, 3.63) is 105 Å². The van der Waals surface area contributed by atoms with Crippen LogP contribution >= 0.6 is 23.2 Å². The second kappa shape index (κ2) is 12.0. The van der Waals surface area contributed by atoms with Crippen LogP contribution in [0.15, 0.2) is 66.7 Å². The number of morpholine rings is 1. The number of carbonyl (C=O) groups excluding carboxylic acids is 2. The van der Waals surface area contributed by atoms with Gasteiger partial charge < -0.3 is 9.47 Å². The van der Waals surface area contributed by atoms with E-state index in [2.05, 4.69) is 0 Å². The monoisotopic (exact) mass is 547 g/mol. The summed E-state index contributed by atoms with van der Waals surface area (Å²) in [6.45, 7) is 2.22. The number of hydrogen-bond donors (Lipinski definition) is 0. The highest BCUT2D eigenvalue weighted by Gasteiger charge is 2.47. The fourth-order valence-corrected chi connectivity index (χ4v) is 4.82. The molecule has 0 aliphatic carbocycles. The Morgan fingerprint density at radius 1 is 1.03 bits per heavy atom. The first-order chi connectivity index (χ1) is 17.8. The van der Waals surface area contributed by atoms with Crippen molar-refractivity contribution in [1.82, 2.24) is 4.90 Å². The van der Waals surface area contributed by atoms with Crippen molar-refractivity contribution in [3.63, 3.8) is 0 Å². The molecule has 1 fully saturated rings. The van der Waals surface area contributed by atoms with Gasteiger partial charge in [0.1, 0.15) is 23.8 Å². The molecule has 9 heteroatoms. The molecule has 0 unspecified atom stereocenters. The fourth-order valence-electron chi connectivity index (χ4n) is 4.58. The first-order valence-corrected chi connectivity index (χ1v) is 12.6. The molecule has 5 nitrogen and oxygen atoms in total. The third-order valence-corrected chi connectivity index (χ3v) is 6.86. The highest BCUT2D eigenvalue weighted by molar-refractivity contribution is 6.30. The van der Waals surface area contributed by atoms with Crippen molar-refractivity contribution in [2.45, 2.75) is 50.7 Å². The maximum absolute atomic E-state index is 14.6. The summed E-state index contributed by atoms with van der Waals surface area (Å²) in [5.41, 5.74) is 1.78. The largest absolute Gasteiger partial charge is 0.444 e. The van der Waals surface area contributed by atoms with Crippen molar-refractivity contribution in [3.8, 4) is 0 Å². The highest BCUT2D eigenvalue weighted by Crippen LogP contribution is 2.45. The Kier molecular flexibility index (Phi) is 8.79. The summed E-state index contributed by atoms with van der Waals surface area (Å²) in [7, 11) is 0. The minimum Gasteiger partial charge on any atom is -0.444 e. The van der Waals surface area contributed by atoms with E-state index in [1.54, 1.807) is 42.5 Å². The molecule has 0 aromatic heterocycles. The Labute approximate surface area is 223 Å². The summed E-state index contributed by atoms with van der Waals surface area (Å²) in [4.78, 5) is 26.9. The first-order valence-electron chi connectivity index (χ1n) is 11.8. The lowest BCUT2D eigenvalue weighted by atomic mass is 9.90. The summed E-state index contributed by atoms with van der Waals surface area (Å²) in [6, 6.07) is 16.2. The molecule has 0 spiro atoms. The normalized spacial score (nSPS) is 20.5. The van der Waals surface area contributed by atoms with E-state index < -0.39 is 42.0 Å². The lowest BCUT2D eigenvalue weighted by Gasteiger charge is -2.47. The third-order valence-electron chi connectivity index (χ3n) is 6.30. The Balaban J connectivity index is 1.85. The lowest BCUT2D eigenvalue weighted by Crippen LogP contribution is -2.56. The molecule has 194 valence electrons. The molecule has 0 bridgehead atoms. The van der Waals surface area contributed by atoms with Crippen LogP contribution in [0, 0.1) is 11.6 Å². The number of carbonyl (C=O) groups is 2. The SMILES string of the molecule is CCC[C@H](OC=O)N1C(=O)[C@H](Cc2ccc(F)cc2)O[C@@H](c2ccc(Cl)c(F)c2)[C@H]1c1ccc(Cl)cc1. The molecular weight excluding hydrogens is 523 g/mol. The number of benzene rings is 3. The number of halogens is 4. The number of ether oxygens (including phenoxy) is 2. The Morgan fingerprint density at radius 3 is 2.32 bits per heavy atom. The van der Waals surface area contributed by atoms with E-state index >= 15 is 0 Å². The van der Waals surface area contributed by atoms with Gasteiger partial charge in [-0.3, -0.25) is 14.5 Å². The van der Waals surface area contributed by atoms with Gasteiger partial charge in [-0.25, -0.2) is 8.78 Å². The van der Waals surface area contributed by atoms with Gasteiger partial charge in [0.25, 0.3) is 12.4 Å². The van der Waals surface area contributed by atoms with Crippen LogP contribution in [0.2, 0.25) is 10.0 Å². The maximum atomic E-state index is 14.6. The Morgan fingerprint density at radius 2 is 1.70 bits per heavy atom. The minimum atomic E-state index is -1.01. The number of nitrogens with zero attached hydrogens (tertiary/aromatic N) is 1. The predicted molar refractivity (Wildman–Crippen MR) is 136 cm³/mol. The van der Waals surface area contributed by atoms with Crippen molar-refractivity contribution >= 4 is 35.6 Å². The Bertz CT molecular complexity index is 1240. The van der Waals surface area contributed by atoms with Crippen LogP contribution in [-0.2, 0) is 25.5 Å². The minimum absolute atomic E-state index is 0.0495. The van der Waals surface area contributed by atoms with Crippen LogP contribution < -0.4 is 0 Å². The zero-order chi connectivity index (χ0) is 26.5. The van der Waals surface area contributed by atoms with Crippen LogP contribution in [0.5, 0.6) is 0 Å². The van der Waals surface area contributed by atoms with Crippen molar-refractivity contribution in [2.24, 2.45) is 0 Å².